The SMILES string of the molecule is COc1ccc(C(=O)N2N=C3/C(=C/c4ccccc4)CCC[C@H]3[C@@H]2c2ccccc2)cc1. The number of rotatable bonds is 4. The van der Waals surface area contributed by atoms with Crippen LogP contribution in [0.5, 0.6) is 5.75 Å². The van der Waals surface area contributed by atoms with Crippen molar-refractivity contribution in [1.82, 2.24) is 5.01 Å². The molecule has 1 fully saturated rings. The van der Waals surface area contributed by atoms with Gasteiger partial charge in [-0.25, -0.2) is 5.01 Å². The van der Waals surface area contributed by atoms with E-state index in [0.717, 1.165) is 36.3 Å². The Kier molecular flexibility index (Phi) is 5.59. The largest absolute Gasteiger partial charge is 0.497 e. The van der Waals surface area contributed by atoms with Gasteiger partial charge in [0.1, 0.15) is 5.75 Å². The Morgan fingerprint density at radius 3 is 2.34 bits per heavy atom. The summed E-state index contributed by atoms with van der Waals surface area (Å²) < 4.78 is 5.25. The summed E-state index contributed by atoms with van der Waals surface area (Å²) in [6.45, 7) is 0. The van der Waals surface area contributed by atoms with Gasteiger partial charge in [0.2, 0.25) is 0 Å². The fraction of sp³-hybridized carbons (Fsp3) is 0.214. The predicted octanol–water partition coefficient (Wildman–Crippen LogP) is 6.13. The molecule has 32 heavy (non-hydrogen) atoms. The van der Waals surface area contributed by atoms with Crippen molar-refractivity contribution in [1.29, 1.82) is 0 Å². The molecule has 0 saturated heterocycles. The number of amides is 1. The third kappa shape index (κ3) is 3.84. The van der Waals surface area contributed by atoms with E-state index in [-0.39, 0.29) is 17.9 Å². The summed E-state index contributed by atoms with van der Waals surface area (Å²) in [5, 5.41) is 6.67. The van der Waals surface area contributed by atoms with Gasteiger partial charge in [-0.05, 0) is 66.3 Å². The van der Waals surface area contributed by atoms with E-state index in [1.165, 1.54) is 11.1 Å². The molecule has 1 aliphatic carbocycles. The lowest BCUT2D eigenvalue weighted by Gasteiger charge is -2.29. The van der Waals surface area contributed by atoms with Crippen molar-refractivity contribution in [3.8, 4) is 5.75 Å². The molecule has 1 saturated carbocycles. The summed E-state index contributed by atoms with van der Waals surface area (Å²) >= 11 is 0. The van der Waals surface area contributed by atoms with Gasteiger partial charge in [-0.3, -0.25) is 4.79 Å². The van der Waals surface area contributed by atoms with Crippen molar-refractivity contribution >= 4 is 17.7 Å². The lowest BCUT2D eigenvalue weighted by molar-refractivity contribution is 0.0681. The van der Waals surface area contributed by atoms with E-state index in [2.05, 4.69) is 42.5 Å². The average molecular weight is 423 g/mol. The van der Waals surface area contributed by atoms with Crippen LogP contribution in [0.25, 0.3) is 6.08 Å². The van der Waals surface area contributed by atoms with E-state index in [1.807, 2.05) is 48.5 Å². The van der Waals surface area contributed by atoms with Crippen LogP contribution in [0.3, 0.4) is 0 Å². The van der Waals surface area contributed by atoms with Crippen LogP contribution in [-0.4, -0.2) is 23.7 Å². The fourth-order valence-electron chi connectivity index (χ4n) is 4.77. The molecule has 0 spiro atoms. The molecule has 2 aliphatic rings. The third-order valence-electron chi connectivity index (χ3n) is 6.33. The van der Waals surface area contributed by atoms with Gasteiger partial charge in [-0.2, -0.15) is 5.10 Å². The number of carbonyl (C=O) groups is 1. The lowest BCUT2D eigenvalue weighted by Crippen LogP contribution is -2.31. The number of hydrazone groups is 1. The summed E-state index contributed by atoms with van der Waals surface area (Å²) in [5.41, 5.74) is 5.19. The maximum Gasteiger partial charge on any atom is 0.274 e. The van der Waals surface area contributed by atoms with Gasteiger partial charge in [0, 0.05) is 11.5 Å². The molecule has 1 heterocycles. The van der Waals surface area contributed by atoms with Crippen molar-refractivity contribution in [2.24, 2.45) is 11.0 Å². The lowest BCUT2D eigenvalue weighted by atomic mass is 9.77. The Labute approximate surface area is 188 Å². The number of benzene rings is 3. The van der Waals surface area contributed by atoms with Gasteiger partial charge in [0.05, 0.1) is 18.9 Å². The third-order valence-corrected chi connectivity index (χ3v) is 6.33. The zero-order valence-electron chi connectivity index (χ0n) is 18.1. The van der Waals surface area contributed by atoms with Crippen LogP contribution in [0.2, 0.25) is 0 Å². The van der Waals surface area contributed by atoms with E-state index in [9.17, 15) is 4.79 Å². The Hall–Kier alpha value is -3.66. The molecule has 0 bridgehead atoms. The van der Waals surface area contributed by atoms with E-state index in [4.69, 9.17) is 9.84 Å². The number of hydrogen-bond donors (Lipinski definition) is 0. The second kappa shape index (κ2) is 8.83. The number of hydrogen-bond acceptors (Lipinski definition) is 3. The number of allylic oxidation sites excluding steroid dienone is 1. The Morgan fingerprint density at radius 2 is 1.66 bits per heavy atom. The fourth-order valence-corrected chi connectivity index (χ4v) is 4.77. The van der Waals surface area contributed by atoms with Crippen LogP contribution in [0.1, 0.15) is 46.8 Å². The predicted molar refractivity (Wildman–Crippen MR) is 128 cm³/mol. The molecule has 3 aromatic rings. The molecule has 0 aromatic heterocycles. The molecule has 0 N–H and O–H groups in total. The van der Waals surface area contributed by atoms with Crippen molar-refractivity contribution in [3.63, 3.8) is 0 Å². The molecule has 0 unspecified atom stereocenters. The number of carbonyl (C=O) groups excluding carboxylic acids is 1. The second-order valence-corrected chi connectivity index (χ2v) is 8.30. The van der Waals surface area contributed by atoms with Gasteiger partial charge < -0.3 is 4.74 Å². The van der Waals surface area contributed by atoms with Crippen molar-refractivity contribution < 1.29 is 9.53 Å². The van der Waals surface area contributed by atoms with Crippen LogP contribution in [0.4, 0.5) is 0 Å². The molecule has 160 valence electrons. The average Bonchev–Trinajstić information content (AvgIpc) is 3.25. The summed E-state index contributed by atoms with van der Waals surface area (Å²) in [5.74, 6) is 0.849. The standard InChI is InChI=1S/C28H26N2O2/c1-32-24-17-15-22(16-18-24)28(31)30-27(21-11-6-3-7-12-21)25-14-8-13-23(26(25)29-30)19-20-9-4-2-5-10-20/h2-7,9-12,15-19,25,27H,8,13-14H2,1H3/b23-19+/t25-,27+/m1/s1. The summed E-state index contributed by atoms with van der Waals surface area (Å²) in [6.07, 6.45) is 5.33. The Morgan fingerprint density at radius 1 is 0.969 bits per heavy atom. The van der Waals surface area contributed by atoms with Crippen LogP contribution < -0.4 is 4.74 Å². The summed E-state index contributed by atoms with van der Waals surface area (Å²) in [7, 11) is 1.62. The highest BCUT2D eigenvalue weighted by atomic mass is 16.5. The van der Waals surface area contributed by atoms with Crippen molar-refractivity contribution in [3.05, 3.63) is 107 Å². The highest BCUT2D eigenvalue weighted by Crippen LogP contribution is 2.44. The number of nitrogens with zero attached hydrogens (tertiary/aromatic N) is 2. The molecule has 3 aromatic carbocycles. The van der Waals surface area contributed by atoms with Gasteiger partial charge >= 0.3 is 0 Å². The number of methoxy groups -OCH3 is 1. The minimum absolute atomic E-state index is 0.0810. The molecule has 1 amide bonds. The normalized spacial score (nSPS) is 21.2. The first kappa shape index (κ1) is 20.3. The first-order valence-electron chi connectivity index (χ1n) is 11.1. The molecular formula is C28H26N2O2. The van der Waals surface area contributed by atoms with Gasteiger partial charge in [-0.1, -0.05) is 60.7 Å². The summed E-state index contributed by atoms with van der Waals surface area (Å²) in [4.78, 5) is 13.6. The van der Waals surface area contributed by atoms with Crippen molar-refractivity contribution in [2.45, 2.75) is 25.3 Å². The molecule has 4 heteroatoms. The Bertz CT molecular complexity index is 1150. The molecule has 4 nitrogen and oxygen atoms in total. The minimum atomic E-state index is -0.0970. The van der Waals surface area contributed by atoms with Crippen LogP contribution in [0.15, 0.2) is 95.6 Å². The second-order valence-electron chi connectivity index (χ2n) is 8.30. The summed E-state index contributed by atoms with van der Waals surface area (Å²) in [6, 6.07) is 27.8. The van der Waals surface area contributed by atoms with Gasteiger partial charge in [0.25, 0.3) is 5.91 Å². The molecule has 0 radical (unpaired) electrons. The molecule has 1 aliphatic heterocycles. The van der Waals surface area contributed by atoms with Gasteiger partial charge in [0.15, 0.2) is 0 Å². The highest BCUT2D eigenvalue weighted by Gasteiger charge is 2.43. The van der Waals surface area contributed by atoms with Gasteiger partial charge in [-0.15, -0.1) is 0 Å². The van der Waals surface area contributed by atoms with Crippen LogP contribution >= 0.6 is 0 Å². The van der Waals surface area contributed by atoms with E-state index >= 15 is 0 Å². The molecular weight excluding hydrogens is 396 g/mol. The zero-order chi connectivity index (χ0) is 21.9. The molecule has 2 atom stereocenters. The molecule has 5 rings (SSSR count). The smallest absolute Gasteiger partial charge is 0.274 e. The van der Waals surface area contributed by atoms with E-state index in [0.29, 0.717) is 5.56 Å². The Balaban J connectivity index is 1.56. The highest BCUT2D eigenvalue weighted by molar-refractivity contribution is 6.09. The first-order chi connectivity index (χ1) is 15.7. The zero-order valence-corrected chi connectivity index (χ0v) is 18.1. The quantitative estimate of drug-likeness (QED) is 0.507. The van der Waals surface area contributed by atoms with Crippen molar-refractivity contribution in [2.75, 3.05) is 7.11 Å². The maximum atomic E-state index is 13.6. The van der Waals surface area contributed by atoms with Crippen LogP contribution in [-0.2, 0) is 0 Å². The van der Waals surface area contributed by atoms with Crippen LogP contribution in [0, 0.1) is 5.92 Å². The first-order valence-corrected chi connectivity index (χ1v) is 11.1. The number of ether oxygens (including phenoxy) is 1. The topological polar surface area (TPSA) is 41.9 Å². The van der Waals surface area contributed by atoms with E-state index in [1.54, 1.807) is 12.1 Å². The maximum absolute atomic E-state index is 13.6. The minimum Gasteiger partial charge on any atom is -0.497 e. The monoisotopic (exact) mass is 422 g/mol. The number of fused-ring (bicyclic) bond motifs is 1. The van der Waals surface area contributed by atoms with E-state index < -0.39 is 0 Å².